The number of guanidine groups is 6. The van der Waals surface area contributed by atoms with E-state index in [-0.39, 0.29) is 25.3 Å². The summed E-state index contributed by atoms with van der Waals surface area (Å²) in [6.45, 7) is 13.2. The molecule has 20 nitrogen and oxygen atoms in total. The summed E-state index contributed by atoms with van der Waals surface area (Å²) in [6, 6.07) is 4.34. The lowest BCUT2D eigenvalue weighted by atomic mass is 10.1. The van der Waals surface area contributed by atoms with Gasteiger partial charge in [0.1, 0.15) is 0 Å². The molecular formula is C54H92N18O2S5. The Morgan fingerprint density at radius 2 is 0.443 bits per heavy atom. The maximum absolute atomic E-state index is 9.62. The van der Waals surface area contributed by atoms with Crippen molar-refractivity contribution in [2.24, 2.45) is 30.0 Å². The quantitative estimate of drug-likeness (QED) is 0.0772. The molecule has 12 aliphatic heterocycles. The van der Waals surface area contributed by atoms with E-state index in [0.29, 0.717) is 60.4 Å². The van der Waals surface area contributed by atoms with Gasteiger partial charge in [-0.25, -0.2) is 30.0 Å². The van der Waals surface area contributed by atoms with Crippen molar-refractivity contribution in [1.82, 2.24) is 61.3 Å². The Kier molecular flexibility index (Phi) is 20.0. The van der Waals surface area contributed by atoms with Crippen LogP contribution in [0.2, 0.25) is 0 Å². The van der Waals surface area contributed by atoms with Gasteiger partial charge in [-0.3, -0.25) is 0 Å². The van der Waals surface area contributed by atoms with Gasteiger partial charge in [-0.05, 0) is 77.0 Å². The molecule has 12 atom stereocenters. The fourth-order valence-electron chi connectivity index (χ4n) is 13.1. The van der Waals surface area contributed by atoms with Crippen LogP contribution in [0.3, 0.4) is 0 Å². The molecule has 0 amide bonds. The number of aliphatic imine (C=N–C) groups is 6. The number of nitrogens with zero attached hydrogens (tertiary/aromatic N) is 12. The van der Waals surface area contributed by atoms with Gasteiger partial charge in [-0.15, -0.1) is 0 Å². The van der Waals surface area contributed by atoms with Crippen LogP contribution in [0.5, 0.6) is 0 Å². The van der Waals surface area contributed by atoms with E-state index in [9.17, 15) is 10.2 Å². The summed E-state index contributed by atoms with van der Waals surface area (Å²) in [5.41, 5.74) is 0. The van der Waals surface area contributed by atoms with Crippen molar-refractivity contribution >= 4 is 94.6 Å². The lowest BCUT2D eigenvalue weighted by molar-refractivity contribution is 0.227. The fourth-order valence-corrected chi connectivity index (χ4v) is 19.0. The van der Waals surface area contributed by atoms with Crippen molar-refractivity contribution in [3.63, 3.8) is 0 Å². The number of thioether (sulfide) groups is 5. The average molecular weight is 1190 g/mol. The maximum Gasteiger partial charge on any atom is 0.194 e. The molecule has 0 aromatic carbocycles. The number of aliphatic hydroxyl groups is 2. The van der Waals surface area contributed by atoms with E-state index < -0.39 is 0 Å². The maximum atomic E-state index is 9.62. The van der Waals surface area contributed by atoms with E-state index in [2.05, 4.69) is 96.6 Å². The van der Waals surface area contributed by atoms with Gasteiger partial charge in [0.2, 0.25) is 0 Å². The number of hydrogen-bond donors (Lipinski definition) is 8. The van der Waals surface area contributed by atoms with E-state index in [0.717, 1.165) is 223 Å². The second kappa shape index (κ2) is 27.8. The van der Waals surface area contributed by atoms with E-state index in [1.807, 2.05) is 23.5 Å². The van der Waals surface area contributed by atoms with Gasteiger partial charge in [0.15, 0.2) is 35.8 Å². The summed E-state index contributed by atoms with van der Waals surface area (Å²) >= 11 is 10.3. The molecule has 12 heterocycles. The number of nitrogens with one attached hydrogen (secondary N) is 6. The van der Waals surface area contributed by atoms with Crippen LogP contribution >= 0.6 is 58.8 Å². The van der Waals surface area contributed by atoms with E-state index in [1.54, 1.807) is 0 Å². The largest absolute Gasteiger partial charge is 0.394 e. The highest BCUT2D eigenvalue weighted by Gasteiger charge is 2.35. The lowest BCUT2D eigenvalue weighted by Crippen LogP contribution is -2.57. The highest BCUT2D eigenvalue weighted by atomic mass is 32.2. The number of hydrogen-bond acceptors (Lipinski definition) is 25. The Morgan fingerprint density at radius 3 is 0.658 bits per heavy atom. The first-order valence-corrected chi connectivity index (χ1v) is 36.3. The van der Waals surface area contributed by atoms with Gasteiger partial charge >= 0.3 is 0 Å². The standard InChI is InChI=1S/C54H92N18O2S5/c73-25-37-1-13-67-15-3-39(57-49(67)55-37)27-75-29-41-5-17-69-19-7-43(61-51(69)59-41)31-77-33-45-9-21-71-23-11-47(65-53(71)63-45)35-79-36-48-12-24-72-22-10-46(64-54(72)66-48)34-78-32-44-8-20-70-18-6-42(60-52(70)62-44)30-76-28-40-4-16-68-14-2-38(26-74)56-50(68)58-40/h37-48,73-74H,1-36H2,(H,55,57)(H,56,58)(H,59,61)(H,60,62)(H,63,65)(H,64,66)/t37-,38-,39-,40-,41-,42-,43-,44-,45-,46-,47-,48-/m1/s1. The van der Waals surface area contributed by atoms with Crippen molar-refractivity contribution in [3.05, 3.63) is 0 Å². The molecule has 0 spiro atoms. The van der Waals surface area contributed by atoms with Crippen LogP contribution in [0.4, 0.5) is 0 Å². The molecule has 0 bridgehead atoms. The lowest BCUT2D eigenvalue weighted by Gasteiger charge is -2.41. The highest BCUT2D eigenvalue weighted by Crippen LogP contribution is 2.27. The van der Waals surface area contributed by atoms with Crippen LogP contribution < -0.4 is 31.9 Å². The van der Waals surface area contributed by atoms with Crippen molar-refractivity contribution in [3.8, 4) is 0 Å². The van der Waals surface area contributed by atoms with Crippen LogP contribution in [0.1, 0.15) is 77.0 Å². The molecule has 0 aromatic rings. The van der Waals surface area contributed by atoms with Crippen LogP contribution in [-0.4, -0.2) is 297 Å². The van der Waals surface area contributed by atoms with Crippen LogP contribution in [0.15, 0.2) is 30.0 Å². The molecule has 6 fully saturated rings. The topological polar surface area (TPSA) is 206 Å². The smallest absolute Gasteiger partial charge is 0.194 e. The Balaban J connectivity index is 0.519. The van der Waals surface area contributed by atoms with Gasteiger partial charge in [-0.2, -0.15) is 58.8 Å². The summed E-state index contributed by atoms with van der Waals surface area (Å²) in [4.78, 5) is 45.3. The predicted molar refractivity (Wildman–Crippen MR) is 335 cm³/mol. The van der Waals surface area contributed by atoms with Gasteiger partial charge in [-0.1, -0.05) is 0 Å². The summed E-state index contributed by atoms with van der Waals surface area (Å²) in [5, 5.41) is 42.1. The molecule has 0 radical (unpaired) electrons. The minimum Gasteiger partial charge on any atom is -0.394 e. The zero-order valence-electron chi connectivity index (χ0n) is 46.7. The summed E-state index contributed by atoms with van der Waals surface area (Å²) in [6.07, 6.45) is 13.5. The molecule has 79 heavy (non-hydrogen) atoms. The monoisotopic (exact) mass is 1180 g/mol. The molecule has 12 aliphatic rings. The Morgan fingerprint density at radius 1 is 0.266 bits per heavy atom. The Bertz CT molecular complexity index is 2070. The molecule has 6 saturated heterocycles. The third kappa shape index (κ3) is 15.2. The zero-order valence-corrected chi connectivity index (χ0v) is 50.8. The molecule has 0 aromatic heterocycles. The van der Waals surface area contributed by atoms with Gasteiger partial charge in [0.25, 0.3) is 0 Å². The average Bonchev–Trinajstić information content (AvgIpc) is 3.48. The van der Waals surface area contributed by atoms with E-state index in [4.69, 9.17) is 30.0 Å². The first-order chi connectivity index (χ1) is 38.9. The second-order valence-corrected chi connectivity index (χ2v) is 29.5. The minimum absolute atomic E-state index is 0.0456. The predicted octanol–water partition coefficient (Wildman–Crippen LogP) is 1.39. The van der Waals surface area contributed by atoms with E-state index >= 15 is 0 Å². The molecule has 0 unspecified atom stereocenters. The van der Waals surface area contributed by atoms with Crippen LogP contribution in [-0.2, 0) is 0 Å². The van der Waals surface area contributed by atoms with Gasteiger partial charge < -0.3 is 71.5 Å². The van der Waals surface area contributed by atoms with Crippen molar-refractivity contribution in [2.45, 2.75) is 150 Å². The van der Waals surface area contributed by atoms with Gasteiger partial charge in [0, 0.05) is 172 Å². The van der Waals surface area contributed by atoms with Crippen LogP contribution in [0.25, 0.3) is 0 Å². The third-order valence-corrected chi connectivity index (χ3v) is 24.4. The van der Waals surface area contributed by atoms with Crippen LogP contribution in [0, 0.1) is 0 Å². The summed E-state index contributed by atoms with van der Waals surface area (Å²) < 4.78 is 0. The second-order valence-electron chi connectivity index (χ2n) is 24.1. The highest BCUT2D eigenvalue weighted by molar-refractivity contribution is 8.00. The molecule has 12 rings (SSSR count). The fraction of sp³-hybridized carbons (Fsp3) is 0.889. The molecule has 25 heteroatoms. The van der Waals surface area contributed by atoms with Crippen molar-refractivity contribution in [2.75, 3.05) is 149 Å². The molecular weight excluding hydrogens is 1090 g/mol. The molecule has 0 saturated carbocycles. The van der Waals surface area contributed by atoms with Crippen molar-refractivity contribution < 1.29 is 10.2 Å². The van der Waals surface area contributed by atoms with E-state index in [1.165, 1.54) is 25.7 Å². The molecule has 8 N–H and O–H groups in total. The Labute approximate surface area is 491 Å². The zero-order chi connectivity index (χ0) is 53.3. The number of rotatable bonds is 22. The summed E-state index contributed by atoms with van der Waals surface area (Å²) in [5.74, 6) is 17.4. The Hall–Kier alpha value is -2.71. The normalized spacial score (nSPS) is 34.3. The molecule has 440 valence electrons. The first kappa shape index (κ1) is 56.8. The van der Waals surface area contributed by atoms with Gasteiger partial charge in [0.05, 0.1) is 49.5 Å². The molecule has 0 aliphatic carbocycles. The minimum atomic E-state index is 0.0456. The third-order valence-electron chi connectivity index (χ3n) is 18.1. The first-order valence-electron chi connectivity index (χ1n) is 30.6. The summed E-state index contributed by atoms with van der Waals surface area (Å²) in [7, 11) is 0. The number of aliphatic hydroxyl groups excluding tert-OH is 2. The number of fused-ring (bicyclic) bond motifs is 6. The SMILES string of the molecule is OC[C@H]1CCN2CC[C@H](CSC[C@H]3CCN4CC[C@H](CSC[C@H]5CCN6CC[C@H](CSC[C@H]7CCN8CC[C@H](CSC[C@H]9CCN%10CC[C@H](CSC[C@H]%11CCN%12CC[C@H](CO)N=C%12N%11)N=C%10N9)N=C8N7)NC6=N5)NC4=N3)NC2=N1. The van der Waals surface area contributed by atoms with Crippen molar-refractivity contribution in [1.29, 1.82) is 0 Å².